The Morgan fingerprint density at radius 1 is 1.33 bits per heavy atom. The lowest BCUT2D eigenvalue weighted by Crippen LogP contribution is -2.43. The molecular weight excluding hydrogens is 200 g/mol. The van der Waals surface area contributed by atoms with E-state index in [9.17, 15) is 13.9 Å². The van der Waals surface area contributed by atoms with Crippen LogP contribution in [-0.2, 0) is 5.54 Å². The Labute approximate surface area is 86.7 Å². The van der Waals surface area contributed by atoms with Gasteiger partial charge in [-0.3, -0.25) is 0 Å². The van der Waals surface area contributed by atoms with E-state index < -0.39 is 12.0 Å². The molecule has 2 rings (SSSR count). The molecule has 1 aliphatic rings. The first-order valence-corrected chi connectivity index (χ1v) is 4.93. The smallest absolute Gasteiger partial charge is 0.263 e. The number of nitrogens with two attached hydrogens (primary N) is 1. The van der Waals surface area contributed by atoms with Crippen LogP contribution in [0.15, 0.2) is 18.2 Å². The standard InChI is InChI=1S/C11H13F2NO/c12-10(13)7-2-3-8(9(15)6-7)11(14)4-1-5-11/h2-3,6,10,15H,1,4-5,14H2. The molecule has 0 unspecified atom stereocenters. The van der Waals surface area contributed by atoms with Crippen molar-refractivity contribution in [1.82, 2.24) is 0 Å². The van der Waals surface area contributed by atoms with Gasteiger partial charge >= 0.3 is 0 Å². The summed E-state index contributed by atoms with van der Waals surface area (Å²) in [5.41, 5.74) is 5.91. The second kappa shape index (κ2) is 3.45. The molecule has 1 aromatic carbocycles. The van der Waals surface area contributed by atoms with Crippen LogP contribution >= 0.6 is 0 Å². The van der Waals surface area contributed by atoms with E-state index in [4.69, 9.17) is 5.73 Å². The Balaban J connectivity index is 2.34. The molecule has 1 fully saturated rings. The van der Waals surface area contributed by atoms with Crippen molar-refractivity contribution in [3.05, 3.63) is 29.3 Å². The van der Waals surface area contributed by atoms with Gasteiger partial charge in [-0.25, -0.2) is 8.78 Å². The molecule has 15 heavy (non-hydrogen) atoms. The number of aromatic hydroxyl groups is 1. The van der Waals surface area contributed by atoms with Crippen LogP contribution in [0.5, 0.6) is 5.75 Å². The first kappa shape index (κ1) is 10.4. The summed E-state index contributed by atoms with van der Waals surface area (Å²) in [6.07, 6.45) is 0.0652. The highest BCUT2D eigenvalue weighted by Gasteiger charge is 2.36. The molecule has 0 aromatic heterocycles. The quantitative estimate of drug-likeness (QED) is 0.793. The highest BCUT2D eigenvalue weighted by Crippen LogP contribution is 2.43. The van der Waals surface area contributed by atoms with E-state index in [1.165, 1.54) is 12.1 Å². The maximum atomic E-state index is 12.3. The molecule has 1 saturated carbocycles. The molecule has 1 aliphatic carbocycles. The number of benzene rings is 1. The van der Waals surface area contributed by atoms with E-state index in [1.807, 2.05) is 0 Å². The lowest BCUT2D eigenvalue weighted by Gasteiger charge is -2.39. The molecule has 0 aliphatic heterocycles. The molecule has 0 radical (unpaired) electrons. The van der Waals surface area contributed by atoms with Crippen LogP contribution in [0.4, 0.5) is 8.78 Å². The molecular formula is C11H13F2NO. The Bertz CT molecular complexity index is 375. The third-order valence-corrected chi connectivity index (χ3v) is 3.06. The second-order valence-electron chi connectivity index (χ2n) is 4.09. The van der Waals surface area contributed by atoms with E-state index in [-0.39, 0.29) is 11.3 Å². The molecule has 0 heterocycles. The fraction of sp³-hybridized carbons (Fsp3) is 0.455. The highest BCUT2D eigenvalue weighted by molar-refractivity contribution is 5.42. The minimum atomic E-state index is -2.56. The van der Waals surface area contributed by atoms with Crippen molar-refractivity contribution in [2.24, 2.45) is 5.73 Å². The first-order chi connectivity index (χ1) is 7.03. The molecule has 1 aromatic rings. The molecule has 0 atom stereocenters. The molecule has 82 valence electrons. The van der Waals surface area contributed by atoms with Crippen LogP contribution < -0.4 is 5.73 Å². The lowest BCUT2D eigenvalue weighted by atomic mass is 9.72. The van der Waals surface area contributed by atoms with Gasteiger partial charge in [0.15, 0.2) is 0 Å². The summed E-state index contributed by atoms with van der Waals surface area (Å²) in [6, 6.07) is 3.94. The van der Waals surface area contributed by atoms with E-state index in [1.54, 1.807) is 0 Å². The van der Waals surface area contributed by atoms with Crippen molar-refractivity contribution in [3.63, 3.8) is 0 Å². The number of rotatable bonds is 2. The molecule has 0 bridgehead atoms. The summed E-state index contributed by atoms with van der Waals surface area (Å²) >= 11 is 0. The molecule has 4 heteroatoms. The molecule has 2 nitrogen and oxygen atoms in total. The monoisotopic (exact) mass is 213 g/mol. The summed E-state index contributed by atoms with van der Waals surface area (Å²) in [6.45, 7) is 0. The Kier molecular flexibility index (Phi) is 2.38. The van der Waals surface area contributed by atoms with Gasteiger partial charge in [-0.1, -0.05) is 12.1 Å². The van der Waals surface area contributed by atoms with Crippen LogP contribution in [0.3, 0.4) is 0 Å². The van der Waals surface area contributed by atoms with Gasteiger partial charge in [0.1, 0.15) is 5.75 Å². The number of hydrogen-bond donors (Lipinski definition) is 2. The van der Waals surface area contributed by atoms with E-state index in [0.29, 0.717) is 5.56 Å². The maximum absolute atomic E-state index is 12.3. The fourth-order valence-corrected chi connectivity index (χ4v) is 1.93. The van der Waals surface area contributed by atoms with Gasteiger partial charge < -0.3 is 10.8 Å². The number of phenols is 1. The van der Waals surface area contributed by atoms with Crippen LogP contribution in [0, 0.1) is 0 Å². The van der Waals surface area contributed by atoms with Gasteiger partial charge in [0.2, 0.25) is 0 Å². The molecule has 3 N–H and O–H groups in total. The number of alkyl halides is 2. The minimum Gasteiger partial charge on any atom is -0.508 e. The maximum Gasteiger partial charge on any atom is 0.263 e. The molecule has 0 amide bonds. The van der Waals surface area contributed by atoms with Crippen molar-refractivity contribution < 1.29 is 13.9 Å². The van der Waals surface area contributed by atoms with E-state index in [2.05, 4.69) is 0 Å². The van der Waals surface area contributed by atoms with E-state index in [0.717, 1.165) is 25.3 Å². The number of phenolic OH excluding ortho intramolecular Hbond substituents is 1. The third-order valence-electron chi connectivity index (χ3n) is 3.06. The zero-order chi connectivity index (χ0) is 11.1. The Morgan fingerprint density at radius 2 is 2.00 bits per heavy atom. The van der Waals surface area contributed by atoms with Crippen molar-refractivity contribution >= 4 is 0 Å². The third kappa shape index (κ3) is 1.69. The topological polar surface area (TPSA) is 46.2 Å². The van der Waals surface area contributed by atoms with Crippen LogP contribution in [0.1, 0.15) is 36.8 Å². The van der Waals surface area contributed by atoms with Gasteiger partial charge in [-0.2, -0.15) is 0 Å². The lowest BCUT2D eigenvalue weighted by molar-refractivity contribution is 0.150. The predicted octanol–water partition coefficient (Wildman–Crippen LogP) is 2.67. The van der Waals surface area contributed by atoms with Crippen molar-refractivity contribution in [1.29, 1.82) is 0 Å². The zero-order valence-corrected chi connectivity index (χ0v) is 8.21. The summed E-state index contributed by atoms with van der Waals surface area (Å²) in [5, 5.41) is 9.63. The van der Waals surface area contributed by atoms with Crippen LogP contribution in [-0.4, -0.2) is 5.11 Å². The first-order valence-electron chi connectivity index (χ1n) is 4.93. The van der Waals surface area contributed by atoms with Crippen molar-refractivity contribution in [3.8, 4) is 5.75 Å². The number of halogens is 2. The van der Waals surface area contributed by atoms with Crippen molar-refractivity contribution in [2.45, 2.75) is 31.2 Å². The molecule has 0 spiro atoms. The van der Waals surface area contributed by atoms with Crippen molar-refractivity contribution in [2.75, 3.05) is 0 Å². The van der Waals surface area contributed by atoms with Gasteiger partial charge in [0, 0.05) is 16.7 Å². The summed E-state index contributed by atoms with van der Waals surface area (Å²) in [7, 11) is 0. The van der Waals surface area contributed by atoms with Gasteiger partial charge in [-0.15, -0.1) is 0 Å². The van der Waals surface area contributed by atoms with Gasteiger partial charge in [0.25, 0.3) is 6.43 Å². The normalized spacial score (nSPS) is 18.9. The minimum absolute atomic E-state index is 0.116. The predicted molar refractivity (Wildman–Crippen MR) is 52.8 cm³/mol. The largest absolute Gasteiger partial charge is 0.508 e. The van der Waals surface area contributed by atoms with Crippen LogP contribution in [0.25, 0.3) is 0 Å². The highest BCUT2D eigenvalue weighted by atomic mass is 19.3. The van der Waals surface area contributed by atoms with Gasteiger partial charge in [0.05, 0.1) is 0 Å². The Hall–Kier alpha value is -1.16. The van der Waals surface area contributed by atoms with Gasteiger partial charge in [-0.05, 0) is 25.3 Å². The summed E-state index contributed by atoms with van der Waals surface area (Å²) in [5.74, 6) is -0.116. The Morgan fingerprint density at radius 3 is 2.40 bits per heavy atom. The summed E-state index contributed by atoms with van der Waals surface area (Å²) in [4.78, 5) is 0. The SMILES string of the molecule is NC1(c2ccc(C(F)F)cc2O)CCC1. The van der Waals surface area contributed by atoms with Crippen LogP contribution in [0.2, 0.25) is 0 Å². The van der Waals surface area contributed by atoms with E-state index >= 15 is 0 Å². The summed E-state index contributed by atoms with van der Waals surface area (Å²) < 4.78 is 24.7. The average molecular weight is 213 g/mol. The zero-order valence-electron chi connectivity index (χ0n) is 8.21. The average Bonchev–Trinajstić information content (AvgIpc) is 2.14. The fourth-order valence-electron chi connectivity index (χ4n) is 1.93. The molecule has 0 saturated heterocycles. The number of hydrogen-bond acceptors (Lipinski definition) is 2. The second-order valence-corrected chi connectivity index (χ2v) is 4.09.